The summed E-state index contributed by atoms with van der Waals surface area (Å²) in [6.07, 6.45) is 4.24. The van der Waals surface area contributed by atoms with Crippen molar-refractivity contribution >= 4 is 17.8 Å². The van der Waals surface area contributed by atoms with Crippen LogP contribution in [-0.2, 0) is 19.9 Å². The molecule has 0 aromatic heterocycles. The van der Waals surface area contributed by atoms with Gasteiger partial charge in [0.05, 0.1) is 13.2 Å². The Morgan fingerprint density at radius 2 is 1.79 bits per heavy atom. The van der Waals surface area contributed by atoms with E-state index >= 15 is 0 Å². The molecule has 33 heavy (non-hydrogen) atoms. The number of hydrogen-bond acceptors (Lipinski definition) is 5. The molecule has 4 amide bonds. The van der Waals surface area contributed by atoms with Crippen molar-refractivity contribution in [2.24, 2.45) is 0 Å². The quantitative estimate of drug-likeness (QED) is 0.407. The van der Waals surface area contributed by atoms with E-state index in [0.717, 1.165) is 55.8 Å². The van der Waals surface area contributed by atoms with Gasteiger partial charge in [0.15, 0.2) is 0 Å². The molecule has 8 nitrogen and oxygen atoms in total. The monoisotopic (exact) mass is 458 g/mol. The number of nitrogens with one attached hydrogen (secondary N) is 1. The zero-order chi connectivity index (χ0) is 23.8. The van der Waals surface area contributed by atoms with Crippen LogP contribution in [0.2, 0.25) is 0 Å². The van der Waals surface area contributed by atoms with E-state index in [1.54, 1.807) is 6.92 Å². The maximum absolute atomic E-state index is 13.2. The number of rotatable bonds is 11. The molecule has 1 atom stereocenters. The Labute approximate surface area is 197 Å². The van der Waals surface area contributed by atoms with E-state index in [4.69, 9.17) is 4.74 Å². The highest BCUT2D eigenvalue weighted by Gasteiger charge is 2.49. The molecular weight excluding hydrogens is 420 g/mol. The van der Waals surface area contributed by atoms with Gasteiger partial charge in [-0.15, -0.1) is 0 Å². The van der Waals surface area contributed by atoms with Crippen LogP contribution in [0.5, 0.6) is 0 Å². The summed E-state index contributed by atoms with van der Waals surface area (Å²) in [4.78, 5) is 44.3. The summed E-state index contributed by atoms with van der Waals surface area (Å²) in [5.41, 5.74) is 0.625. The molecule has 2 fully saturated rings. The van der Waals surface area contributed by atoms with Crippen LogP contribution in [0.25, 0.3) is 0 Å². The number of nitrogens with zero attached hydrogens (tertiary/aromatic N) is 3. The van der Waals surface area contributed by atoms with Crippen LogP contribution < -0.4 is 5.32 Å². The van der Waals surface area contributed by atoms with E-state index < -0.39 is 11.6 Å². The largest absolute Gasteiger partial charge is 0.379 e. The van der Waals surface area contributed by atoms with E-state index in [1.165, 1.54) is 0 Å². The molecule has 0 radical (unpaired) electrons. The second-order valence-electron chi connectivity index (χ2n) is 9.21. The molecule has 1 N–H and O–H groups in total. The lowest BCUT2D eigenvalue weighted by Crippen LogP contribution is -2.47. The lowest BCUT2D eigenvalue weighted by atomic mass is 9.91. The van der Waals surface area contributed by atoms with Gasteiger partial charge in [-0.05, 0) is 25.8 Å². The zero-order valence-electron chi connectivity index (χ0n) is 20.3. The first-order chi connectivity index (χ1) is 15.8. The van der Waals surface area contributed by atoms with Crippen LogP contribution >= 0.6 is 0 Å². The summed E-state index contributed by atoms with van der Waals surface area (Å²) in [6.45, 7) is 10.7. The number of carbonyl (C=O) groups excluding carboxylic acids is 3. The Bertz CT molecular complexity index is 822. The number of unbranched alkanes of at least 4 members (excludes halogenated alkanes) is 3. The molecule has 0 bridgehead atoms. The van der Waals surface area contributed by atoms with Gasteiger partial charge in [-0.2, -0.15) is 0 Å². The minimum Gasteiger partial charge on any atom is -0.379 e. The first-order valence-electron chi connectivity index (χ1n) is 12.1. The molecular formula is C25H38N4O4. The number of imide groups is 1. The molecule has 8 heteroatoms. The number of hydrogen-bond donors (Lipinski definition) is 1. The zero-order valence-corrected chi connectivity index (χ0v) is 20.3. The molecule has 2 aliphatic heterocycles. The fourth-order valence-electron chi connectivity index (χ4n) is 4.34. The van der Waals surface area contributed by atoms with Crippen molar-refractivity contribution in [1.82, 2.24) is 20.0 Å². The van der Waals surface area contributed by atoms with Crippen molar-refractivity contribution in [3.63, 3.8) is 0 Å². The first kappa shape index (κ1) is 25.2. The number of carbonyl (C=O) groups is 3. The topological polar surface area (TPSA) is 82.2 Å². The van der Waals surface area contributed by atoms with E-state index in [-0.39, 0.29) is 18.4 Å². The van der Waals surface area contributed by atoms with Gasteiger partial charge in [0.1, 0.15) is 12.1 Å². The number of urea groups is 1. The van der Waals surface area contributed by atoms with Gasteiger partial charge < -0.3 is 15.0 Å². The van der Waals surface area contributed by atoms with Crippen molar-refractivity contribution in [1.29, 1.82) is 0 Å². The molecule has 0 saturated carbocycles. The fourth-order valence-corrected chi connectivity index (χ4v) is 4.34. The van der Waals surface area contributed by atoms with E-state index in [9.17, 15) is 14.4 Å². The van der Waals surface area contributed by atoms with Crippen LogP contribution in [-0.4, -0.2) is 85.0 Å². The molecule has 2 aliphatic rings. The number of benzene rings is 1. The standard InChI is InChI=1S/C25H38N4O4/c1-4-5-6-7-12-28(14-13-27-15-17-33-18-16-27)22(30)19-29-23(31)25(3,26-24(29)32)21-10-8-20(2)9-11-21/h8-11H,4-7,12-19H2,1-3H3,(H,26,32). The molecule has 1 aromatic carbocycles. The SMILES string of the molecule is CCCCCCN(CCN1CCOCC1)C(=O)CN1C(=O)NC(C)(c2ccc(C)cc2)C1=O. The third-order valence-electron chi connectivity index (χ3n) is 6.62. The summed E-state index contributed by atoms with van der Waals surface area (Å²) in [5, 5.41) is 2.80. The Hall–Kier alpha value is -2.45. The fraction of sp³-hybridized carbons (Fsp3) is 0.640. The molecule has 1 unspecified atom stereocenters. The van der Waals surface area contributed by atoms with Gasteiger partial charge in [0.2, 0.25) is 5.91 Å². The summed E-state index contributed by atoms with van der Waals surface area (Å²) in [7, 11) is 0. The number of aryl methyl sites for hydroxylation is 1. The lowest BCUT2D eigenvalue weighted by Gasteiger charge is -2.31. The Morgan fingerprint density at radius 3 is 2.45 bits per heavy atom. The van der Waals surface area contributed by atoms with Gasteiger partial charge in [-0.1, -0.05) is 56.0 Å². The highest BCUT2D eigenvalue weighted by atomic mass is 16.5. The molecule has 182 valence electrons. The van der Waals surface area contributed by atoms with Crippen LogP contribution in [0, 0.1) is 6.92 Å². The molecule has 2 saturated heterocycles. The maximum Gasteiger partial charge on any atom is 0.325 e. The molecule has 1 aromatic rings. The first-order valence-corrected chi connectivity index (χ1v) is 12.1. The van der Waals surface area contributed by atoms with Crippen molar-refractivity contribution in [2.75, 3.05) is 52.5 Å². The van der Waals surface area contributed by atoms with E-state index in [1.807, 2.05) is 36.1 Å². The minimum absolute atomic E-state index is 0.184. The molecule has 3 rings (SSSR count). The number of ether oxygens (including phenoxy) is 1. The Morgan fingerprint density at radius 1 is 1.09 bits per heavy atom. The maximum atomic E-state index is 13.2. The highest BCUT2D eigenvalue weighted by molar-refractivity contribution is 6.09. The molecule has 0 spiro atoms. The van der Waals surface area contributed by atoms with Crippen molar-refractivity contribution in [3.8, 4) is 0 Å². The second-order valence-corrected chi connectivity index (χ2v) is 9.21. The number of amides is 4. The summed E-state index contributed by atoms with van der Waals surface area (Å²) in [6, 6.07) is 7.01. The average molecular weight is 459 g/mol. The molecule has 2 heterocycles. The highest BCUT2D eigenvalue weighted by Crippen LogP contribution is 2.29. The summed E-state index contributed by atoms with van der Waals surface area (Å²) < 4.78 is 5.41. The lowest BCUT2D eigenvalue weighted by molar-refractivity contribution is -0.139. The second kappa shape index (κ2) is 11.6. The van der Waals surface area contributed by atoms with E-state index in [2.05, 4.69) is 17.1 Å². The van der Waals surface area contributed by atoms with E-state index in [0.29, 0.717) is 31.9 Å². The third kappa shape index (κ3) is 6.32. The van der Waals surface area contributed by atoms with Crippen LogP contribution in [0.1, 0.15) is 50.7 Å². The van der Waals surface area contributed by atoms with Gasteiger partial charge in [0.25, 0.3) is 5.91 Å². The van der Waals surface area contributed by atoms with Crippen molar-refractivity contribution < 1.29 is 19.1 Å². The summed E-state index contributed by atoms with van der Waals surface area (Å²) in [5.74, 6) is -0.569. The van der Waals surface area contributed by atoms with Crippen LogP contribution in [0.15, 0.2) is 24.3 Å². The van der Waals surface area contributed by atoms with Gasteiger partial charge >= 0.3 is 6.03 Å². The van der Waals surface area contributed by atoms with Gasteiger partial charge in [-0.3, -0.25) is 19.4 Å². The van der Waals surface area contributed by atoms with Crippen LogP contribution in [0.4, 0.5) is 4.79 Å². The van der Waals surface area contributed by atoms with Crippen LogP contribution in [0.3, 0.4) is 0 Å². The Kier molecular flexibility index (Phi) is 8.86. The predicted molar refractivity (Wildman–Crippen MR) is 127 cm³/mol. The minimum atomic E-state index is -1.16. The van der Waals surface area contributed by atoms with Gasteiger partial charge in [0, 0.05) is 32.7 Å². The molecule has 0 aliphatic carbocycles. The average Bonchev–Trinajstić information content (AvgIpc) is 3.03. The van der Waals surface area contributed by atoms with Crippen molar-refractivity contribution in [2.45, 2.75) is 52.0 Å². The smallest absolute Gasteiger partial charge is 0.325 e. The predicted octanol–water partition coefficient (Wildman–Crippen LogP) is 2.50. The third-order valence-corrected chi connectivity index (χ3v) is 6.62. The van der Waals surface area contributed by atoms with Crippen molar-refractivity contribution in [3.05, 3.63) is 35.4 Å². The Balaban J connectivity index is 1.65. The normalized spacial score (nSPS) is 21.4. The summed E-state index contributed by atoms with van der Waals surface area (Å²) >= 11 is 0. The number of morpholine rings is 1. The van der Waals surface area contributed by atoms with Gasteiger partial charge in [-0.25, -0.2) is 4.79 Å².